The number of benzene rings is 3. The van der Waals surface area contributed by atoms with Crippen LogP contribution in [-0.2, 0) is 54.0 Å². The van der Waals surface area contributed by atoms with Gasteiger partial charge in [0.25, 0.3) is 0 Å². The number of pyridine rings is 3. The molecule has 0 radical (unpaired) electrons. The highest BCUT2D eigenvalue weighted by molar-refractivity contribution is 8.00. The van der Waals surface area contributed by atoms with Crippen molar-refractivity contribution in [3.05, 3.63) is 143 Å². The highest BCUT2D eigenvalue weighted by atomic mass is 32.2. The summed E-state index contributed by atoms with van der Waals surface area (Å²) in [5.74, 6) is -2.00. The number of carbonyl (C=O) groups is 5. The lowest BCUT2D eigenvalue weighted by Gasteiger charge is -2.33. The summed E-state index contributed by atoms with van der Waals surface area (Å²) in [4.78, 5) is 74.5. The first-order valence-electron chi connectivity index (χ1n) is 37.8. The molecule has 39 heteroatoms. The monoisotopic (exact) mass is 1770 g/mol. The van der Waals surface area contributed by atoms with Crippen LogP contribution < -0.4 is 45.3 Å². The third-order valence-electron chi connectivity index (χ3n) is 19.5. The molecule has 0 unspecified atom stereocenters. The van der Waals surface area contributed by atoms with Gasteiger partial charge >= 0.3 is 29.9 Å². The van der Waals surface area contributed by atoms with Crippen molar-refractivity contribution < 1.29 is 94.9 Å². The number of nitrogens with two attached hydrogens (primary N) is 1. The number of ether oxygens (including phenoxy) is 3. The second kappa shape index (κ2) is 48.4. The van der Waals surface area contributed by atoms with Gasteiger partial charge in [0.1, 0.15) is 17.2 Å². The molecule has 0 spiro atoms. The fraction of sp³-hybridized carbons (Fsp3) is 0.519. The number of ketones is 2. The van der Waals surface area contributed by atoms with E-state index in [0.717, 1.165) is 77.4 Å². The minimum absolute atomic E-state index is 0.00100. The first-order chi connectivity index (χ1) is 55.6. The van der Waals surface area contributed by atoms with Gasteiger partial charge < -0.3 is 50.4 Å². The number of methoxy groups -OCH3 is 3. The van der Waals surface area contributed by atoms with E-state index in [2.05, 4.69) is 52.4 Å². The zero-order valence-corrected chi connectivity index (χ0v) is 73.5. The molecule has 0 saturated carbocycles. The Bertz CT molecular complexity index is 4280. The van der Waals surface area contributed by atoms with Crippen LogP contribution in [0.25, 0.3) is 0 Å². The minimum atomic E-state index is -5.77. The lowest BCUT2D eigenvalue weighted by molar-refractivity contribution is -0.193. The molecule has 27 nitrogen and oxygen atoms in total. The summed E-state index contributed by atoms with van der Waals surface area (Å²) < 4.78 is 164. The van der Waals surface area contributed by atoms with E-state index in [1.165, 1.54) is 92.3 Å². The van der Waals surface area contributed by atoms with Gasteiger partial charge in [-0.05, 0) is 211 Å². The number of carboxylic acids is 1. The number of carbonyl (C=O) groups excluding carboxylic acids is 4. The van der Waals surface area contributed by atoms with Gasteiger partial charge in [0.15, 0.2) is 0 Å². The fourth-order valence-corrected chi connectivity index (χ4v) is 20.4. The molecule has 3 aromatic carbocycles. The summed E-state index contributed by atoms with van der Waals surface area (Å²) in [7, 11) is -1.52. The maximum Gasteiger partial charge on any atom is 0.458 e. The number of Topliss-reactive ketones (excluding diaryl/α,β-unsaturated/α-hetero) is 2. The average Bonchev–Trinajstić information content (AvgIpc) is 0.792. The number of hydrogen-bond acceptors (Lipinski definition) is 24. The number of alkyl halides is 6. The van der Waals surface area contributed by atoms with E-state index in [1.54, 1.807) is 106 Å². The van der Waals surface area contributed by atoms with Crippen LogP contribution in [0.3, 0.4) is 0 Å². The topological polar surface area (TPSA) is 344 Å². The summed E-state index contributed by atoms with van der Waals surface area (Å²) in [6.07, 6.45) is 6.03. The van der Waals surface area contributed by atoms with E-state index in [1.807, 2.05) is 61.4 Å². The average molecular weight is 1770 g/mol. The molecule has 6 heterocycles. The molecule has 654 valence electrons. The van der Waals surface area contributed by atoms with Gasteiger partial charge in [0.2, 0.25) is 41.9 Å². The second-order valence-corrected chi connectivity index (χ2v) is 37.5. The number of carboxylic acid groups (broad SMARTS) is 1. The van der Waals surface area contributed by atoms with Gasteiger partial charge in [-0.15, -0.1) is 11.8 Å². The van der Waals surface area contributed by atoms with Gasteiger partial charge in [-0.3, -0.25) is 38.9 Å². The molecular weight excluding hydrogens is 1660 g/mol. The quantitative estimate of drug-likeness (QED) is 0.0169. The summed E-state index contributed by atoms with van der Waals surface area (Å²) in [5, 5.41) is 14.7. The predicted octanol–water partition coefficient (Wildman–Crippen LogP) is 10.4. The SMILES string of the molecule is COc1cc(C)c(S(=O)(=O)N(C)CCSCC(=O)NCC2CCN(c3ccncc3)CC2)c(C)c1.COc1cc(C)c(S(=O)(=O)N(C)CCSCC(=O)NCC2CCN(c3ccncc3)CC2)c(C)c1.COc1cc(C)c(S(=O)(=O)N(C)CCSCC(=O)O)c(C)c1.NCC1CCN(c2ccncc2)CC1.O=C(C(=O)C(F)(F)F)C(F)(F)F. The molecule has 6 aromatic rings. The Labute approximate surface area is 702 Å². The Morgan fingerprint density at radius 3 is 0.907 bits per heavy atom. The normalized spacial score (nSPS) is 14.5. The van der Waals surface area contributed by atoms with Gasteiger partial charge in [-0.1, -0.05) is 0 Å². The van der Waals surface area contributed by atoms with Crippen LogP contribution in [0.1, 0.15) is 71.9 Å². The van der Waals surface area contributed by atoms with E-state index in [0.29, 0.717) is 127 Å². The molecular formula is C79H110F6N12O15S6. The highest BCUT2D eigenvalue weighted by Gasteiger charge is 2.54. The van der Waals surface area contributed by atoms with Crippen LogP contribution in [0.2, 0.25) is 0 Å². The van der Waals surface area contributed by atoms with Gasteiger partial charge in [-0.2, -0.15) is 49.9 Å². The fourth-order valence-electron chi connectivity index (χ4n) is 13.0. The molecule has 0 atom stereocenters. The van der Waals surface area contributed by atoms with E-state index in [-0.39, 0.29) is 29.0 Å². The third-order valence-corrected chi connectivity index (χ3v) is 28.8. The van der Waals surface area contributed by atoms with Crippen molar-refractivity contribution in [1.82, 2.24) is 38.5 Å². The number of nitrogens with zero attached hydrogens (tertiary/aromatic N) is 9. The number of thioether (sulfide) groups is 3. The highest BCUT2D eigenvalue weighted by Crippen LogP contribution is 2.33. The van der Waals surface area contributed by atoms with Crippen molar-refractivity contribution in [2.45, 2.75) is 107 Å². The molecule has 0 bridgehead atoms. The number of aliphatic carboxylic acids is 1. The molecule has 2 amide bonds. The Hall–Kier alpha value is -8.02. The number of amides is 2. The number of nitrogens with one attached hydrogen (secondary N) is 2. The van der Waals surface area contributed by atoms with Crippen LogP contribution in [0, 0.1) is 59.3 Å². The summed E-state index contributed by atoms with van der Waals surface area (Å²) in [6, 6.07) is 22.6. The lowest BCUT2D eigenvalue weighted by atomic mass is 9.96. The first kappa shape index (κ1) is 101. The molecule has 118 heavy (non-hydrogen) atoms. The van der Waals surface area contributed by atoms with E-state index < -0.39 is 60.0 Å². The largest absolute Gasteiger partial charge is 0.497 e. The number of hydrogen-bond donors (Lipinski definition) is 4. The van der Waals surface area contributed by atoms with Crippen molar-refractivity contribution >= 4 is 112 Å². The van der Waals surface area contributed by atoms with Crippen LogP contribution in [-0.4, -0.2) is 255 Å². The number of aryl methyl sites for hydroxylation is 6. The van der Waals surface area contributed by atoms with Crippen molar-refractivity contribution in [2.75, 3.05) is 170 Å². The van der Waals surface area contributed by atoms with Crippen molar-refractivity contribution in [3.8, 4) is 17.2 Å². The standard InChI is InChI=1S/2C25H36N4O4S2.C14H21NO5S2.C11H17N3.C4F6O2/c2*1-19-15-23(33-4)16-20(2)25(19)35(31,32)28(3)13-14-34-18-24(30)27-17-21-7-11-29(12-8-21)22-5-9-26-10-6-22;1-10-7-12(20-4)8-11(2)14(10)22(18,19)15(3)5-6-21-9-13(16)17;12-9-10-3-7-14(8-4-10)11-1-5-13-6-2-11;5-3(6,7)1(11)2(12)4(8,9)10/h2*5-6,9-10,15-16,21H,7-8,11-14,17-18H2,1-4H3,(H,27,30);7-8H,5-6,9H2,1-4H3,(H,16,17);1-2,5-6,10H,3-4,7-9,12H2;. The molecule has 5 N–H and O–H groups in total. The number of piperidine rings is 3. The number of rotatable bonds is 33. The third kappa shape index (κ3) is 31.8. The molecule has 3 saturated heterocycles. The maximum atomic E-state index is 13.1. The number of anilines is 3. The van der Waals surface area contributed by atoms with Crippen LogP contribution in [0.15, 0.2) is 125 Å². The van der Waals surface area contributed by atoms with Gasteiger partial charge in [0, 0.05) is 165 Å². The number of sulfonamides is 3. The predicted molar refractivity (Wildman–Crippen MR) is 451 cm³/mol. The Morgan fingerprint density at radius 2 is 0.686 bits per heavy atom. The Balaban J connectivity index is 0.000000278. The molecule has 0 aliphatic carbocycles. The van der Waals surface area contributed by atoms with Crippen LogP contribution in [0.4, 0.5) is 43.4 Å². The smallest absolute Gasteiger partial charge is 0.458 e. The molecule has 3 aliphatic heterocycles. The van der Waals surface area contributed by atoms with Gasteiger partial charge in [0.05, 0.1) is 53.3 Å². The van der Waals surface area contributed by atoms with Crippen LogP contribution in [0.5, 0.6) is 17.2 Å². The van der Waals surface area contributed by atoms with Crippen molar-refractivity contribution in [3.63, 3.8) is 0 Å². The lowest BCUT2D eigenvalue weighted by Crippen LogP contribution is -2.39. The van der Waals surface area contributed by atoms with Crippen molar-refractivity contribution in [1.29, 1.82) is 0 Å². The zero-order valence-electron chi connectivity index (χ0n) is 68.6. The summed E-state index contributed by atoms with van der Waals surface area (Å²) in [5.41, 5.74) is 13.2. The zero-order chi connectivity index (χ0) is 87.7. The summed E-state index contributed by atoms with van der Waals surface area (Å²) >= 11 is 4.08. The Kier molecular flexibility index (Phi) is 41.3. The molecule has 3 aliphatic rings. The summed E-state index contributed by atoms with van der Waals surface area (Å²) in [6.45, 7) is 19.9. The first-order valence-corrected chi connectivity index (χ1v) is 45.6. The molecule has 3 fully saturated rings. The van der Waals surface area contributed by atoms with E-state index >= 15 is 0 Å². The van der Waals surface area contributed by atoms with E-state index in [4.69, 9.17) is 25.1 Å². The van der Waals surface area contributed by atoms with Crippen LogP contribution >= 0.6 is 35.3 Å². The van der Waals surface area contributed by atoms with Gasteiger partial charge in [-0.25, -0.2) is 38.2 Å². The minimum Gasteiger partial charge on any atom is -0.497 e. The Morgan fingerprint density at radius 1 is 0.449 bits per heavy atom. The second-order valence-electron chi connectivity index (χ2n) is 28.2. The maximum absolute atomic E-state index is 13.1. The van der Waals surface area contributed by atoms with Crippen molar-refractivity contribution in [2.24, 2.45) is 23.5 Å². The molecule has 3 aromatic heterocycles. The molecule has 9 rings (SSSR count). The number of aromatic nitrogens is 3. The number of halogens is 6. The van der Waals surface area contributed by atoms with E-state index in [9.17, 15) is 75.6 Å².